The highest BCUT2D eigenvalue weighted by Gasteiger charge is 2.17. The number of hydrogen-bond donors (Lipinski definition) is 2. The molecule has 0 unspecified atom stereocenters. The van der Waals surface area contributed by atoms with Crippen LogP contribution in [0.25, 0.3) is 16.0 Å². The van der Waals surface area contributed by atoms with Crippen LogP contribution in [0.2, 0.25) is 0 Å². The number of thiazole rings is 1. The summed E-state index contributed by atoms with van der Waals surface area (Å²) in [5.74, 6) is 0. The number of nitrogens with one attached hydrogen (secondary N) is 1. The van der Waals surface area contributed by atoms with E-state index in [1.54, 1.807) is 10.9 Å². The van der Waals surface area contributed by atoms with Gasteiger partial charge in [0.2, 0.25) is 5.13 Å². The Balaban J connectivity index is 1.81. The molecule has 3 heterocycles. The van der Waals surface area contributed by atoms with Gasteiger partial charge in [0, 0.05) is 35.1 Å². The minimum absolute atomic E-state index is 0.136. The van der Waals surface area contributed by atoms with Crippen LogP contribution in [0.15, 0.2) is 42.0 Å². The lowest BCUT2D eigenvalue weighted by Gasteiger charge is -2.04. The van der Waals surface area contributed by atoms with Crippen LogP contribution < -0.4 is 0 Å². The quantitative estimate of drug-likeness (QED) is 0.606. The van der Waals surface area contributed by atoms with Gasteiger partial charge in [-0.25, -0.2) is 4.98 Å². The highest BCUT2D eigenvalue weighted by atomic mass is 32.1. The third-order valence-corrected chi connectivity index (χ3v) is 4.37. The van der Waals surface area contributed by atoms with Gasteiger partial charge >= 0.3 is 0 Å². The lowest BCUT2D eigenvalue weighted by Crippen LogP contribution is -2.04. The highest BCUT2D eigenvalue weighted by molar-refractivity contribution is 7.12. The molecule has 0 bridgehead atoms. The van der Waals surface area contributed by atoms with Crippen molar-refractivity contribution in [3.05, 3.63) is 59.0 Å². The van der Waals surface area contributed by atoms with Crippen molar-refractivity contribution < 1.29 is 5.11 Å². The van der Waals surface area contributed by atoms with Crippen LogP contribution in [0.4, 0.5) is 0 Å². The molecule has 6 nitrogen and oxygen atoms in total. The molecule has 2 N–H and O–H groups in total. The Morgan fingerprint density at radius 2 is 2.18 bits per heavy atom. The van der Waals surface area contributed by atoms with E-state index in [9.17, 15) is 5.11 Å². The summed E-state index contributed by atoms with van der Waals surface area (Å²) in [6.45, 7) is -0.136. The lowest BCUT2D eigenvalue weighted by molar-refractivity contribution is 0.275. The summed E-state index contributed by atoms with van der Waals surface area (Å²) in [5, 5.41) is 21.5. The van der Waals surface area contributed by atoms with E-state index in [2.05, 4.69) is 26.3 Å². The molecule has 0 aliphatic carbocycles. The van der Waals surface area contributed by atoms with Crippen molar-refractivity contribution in [2.24, 2.45) is 0 Å². The van der Waals surface area contributed by atoms with Gasteiger partial charge in [0.1, 0.15) is 5.69 Å². The lowest BCUT2D eigenvalue weighted by atomic mass is 10.1. The Kier molecular flexibility index (Phi) is 3.21. The topological polar surface area (TPSA) is 79.6 Å². The summed E-state index contributed by atoms with van der Waals surface area (Å²) in [5.41, 5.74) is 3.68. The van der Waals surface area contributed by atoms with Gasteiger partial charge in [-0.05, 0) is 11.6 Å². The molecule has 0 aliphatic heterocycles. The van der Waals surface area contributed by atoms with E-state index in [1.807, 2.05) is 29.8 Å². The molecule has 0 atom stereocenters. The van der Waals surface area contributed by atoms with E-state index >= 15 is 0 Å². The van der Waals surface area contributed by atoms with Gasteiger partial charge in [-0.3, -0.25) is 0 Å². The normalized spacial score (nSPS) is 11.3. The summed E-state index contributed by atoms with van der Waals surface area (Å²) >= 11 is 1.49. The SMILES string of the molecule is OCc1nnn(-c2nccs2)c1Cc1c[nH]c2ccccc12. The number of aromatic amines is 1. The summed E-state index contributed by atoms with van der Waals surface area (Å²) in [6, 6.07) is 8.14. The number of benzene rings is 1. The minimum atomic E-state index is -0.136. The van der Waals surface area contributed by atoms with E-state index < -0.39 is 0 Å². The number of aromatic nitrogens is 5. The second kappa shape index (κ2) is 5.36. The number of nitrogens with zero attached hydrogens (tertiary/aromatic N) is 4. The maximum Gasteiger partial charge on any atom is 0.211 e. The average molecular weight is 311 g/mol. The summed E-state index contributed by atoms with van der Waals surface area (Å²) < 4.78 is 1.71. The van der Waals surface area contributed by atoms with Crippen molar-refractivity contribution in [3.63, 3.8) is 0 Å². The molecule has 110 valence electrons. The Bertz CT molecular complexity index is 909. The maximum atomic E-state index is 9.53. The Morgan fingerprint density at radius 1 is 1.27 bits per heavy atom. The standard InChI is InChI=1S/C15H13N5OS/c21-9-13-14(20(19-18-13)15-16-5-6-22-15)7-10-8-17-12-4-2-1-3-11(10)12/h1-6,8,17,21H,7,9H2. The number of aliphatic hydroxyl groups is 1. The Hall–Kier alpha value is -2.51. The van der Waals surface area contributed by atoms with Crippen molar-refractivity contribution in [1.29, 1.82) is 0 Å². The van der Waals surface area contributed by atoms with Crippen LogP contribution >= 0.6 is 11.3 Å². The molecule has 4 rings (SSSR count). The van der Waals surface area contributed by atoms with Crippen molar-refractivity contribution >= 4 is 22.2 Å². The molecule has 0 amide bonds. The predicted octanol–water partition coefficient (Wildman–Crippen LogP) is 2.29. The van der Waals surface area contributed by atoms with Crippen LogP contribution in [-0.2, 0) is 13.0 Å². The summed E-state index contributed by atoms with van der Waals surface area (Å²) in [4.78, 5) is 7.54. The molecule has 1 aromatic carbocycles. The van der Waals surface area contributed by atoms with Crippen LogP contribution in [0.3, 0.4) is 0 Å². The van der Waals surface area contributed by atoms with E-state index in [-0.39, 0.29) is 6.61 Å². The predicted molar refractivity (Wildman–Crippen MR) is 84.1 cm³/mol. The zero-order valence-electron chi connectivity index (χ0n) is 11.6. The van der Waals surface area contributed by atoms with Crippen LogP contribution in [0.5, 0.6) is 0 Å². The number of fused-ring (bicyclic) bond motifs is 1. The zero-order chi connectivity index (χ0) is 14.9. The molecule has 4 aromatic rings. The Morgan fingerprint density at radius 3 is 3.00 bits per heavy atom. The number of aliphatic hydroxyl groups excluding tert-OH is 1. The molecular weight excluding hydrogens is 298 g/mol. The third kappa shape index (κ3) is 2.11. The highest BCUT2D eigenvalue weighted by Crippen LogP contribution is 2.23. The first-order valence-corrected chi connectivity index (χ1v) is 7.74. The smallest absolute Gasteiger partial charge is 0.211 e. The van der Waals surface area contributed by atoms with Crippen molar-refractivity contribution in [3.8, 4) is 5.13 Å². The molecule has 0 fully saturated rings. The first-order valence-electron chi connectivity index (χ1n) is 6.86. The molecule has 22 heavy (non-hydrogen) atoms. The first-order chi connectivity index (χ1) is 10.9. The van der Waals surface area contributed by atoms with Crippen molar-refractivity contribution in [2.45, 2.75) is 13.0 Å². The maximum absolute atomic E-state index is 9.53. The first kappa shape index (κ1) is 13.2. The van der Waals surface area contributed by atoms with Gasteiger partial charge in [-0.15, -0.1) is 16.4 Å². The van der Waals surface area contributed by atoms with E-state index in [1.165, 1.54) is 16.7 Å². The summed E-state index contributed by atoms with van der Waals surface area (Å²) in [7, 11) is 0. The molecule has 0 radical (unpaired) electrons. The fourth-order valence-electron chi connectivity index (χ4n) is 2.56. The largest absolute Gasteiger partial charge is 0.390 e. The Labute approximate surface area is 130 Å². The van der Waals surface area contributed by atoms with Gasteiger partial charge in [0.25, 0.3) is 0 Å². The van der Waals surface area contributed by atoms with Crippen molar-refractivity contribution in [1.82, 2.24) is 25.0 Å². The van der Waals surface area contributed by atoms with Crippen molar-refractivity contribution in [2.75, 3.05) is 0 Å². The molecule has 3 aromatic heterocycles. The molecule has 0 saturated carbocycles. The van der Waals surface area contributed by atoms with Gasteiger partial charge in [-0.2, -0.15) is 4.68 Å². The summed E-state index contributed by atoms with van der Waals surface area (Å²) in [6.07, 6.45) is 4.35. The van der Waals surface area contributed by atoms with Crippen LogP contribution in [0, 0.1) is 0 Å². The van der Waals surface area contributed by atoms with E-state index in [0.29, 0.717) is 12.1 Å². The monoisotopic (exact) mass is 311 g/mol. The molecular formula is C15H13N5OS. The van der Waals surface area contributed by atoms with Crippen LogP contribution in [-0.4, -0.2) is 30.1 Å². The number of hydrogen-bond acceptors (Lipinski definition) is 5. The molecule has 0 saturated heterocycles. The van der Waals surface area contributed by atoms with E-state index in [0.717, 1.165) is 21.9 Å². The van der Waals surface area contributed by atoms with Gasteiger partial charge in [0.05, 0.1) is 12.3 Å². The number of para-hydroxylation sites is 1. The molecule has 0 aliphatic rings. The van der Waals surface area contributed by atoms with Gasteiger partial charge in [-0.1, -0.05) is 23.4 Å². The molecule has 7 heteroatoms. The second-order valence-electron chi connectivity index (χ2n) is 4.90. The minimum Gasteiger partial charge on any atom is -0.390 e. The van der Waals surface area contributed by atoms with Gasteiger partial charge < -0.3 is 10.1 Å². The zero-order valence-corrected chi connectivity index (χ0v) is 12.4. The fraction of sp³-hybridized carbons (Fsp3) is 0.133. The van der Waals surface area contributed by atoms with Crippen LogP contribution in [0.1, 0.15) is 17.0 Å². The van der Waals surface area contributed by atoms with Gasteiger partial charge in [0.15, 0.2) is 0 Å². The third-order valence-electron chi connectivity index (χ3n) is 3.63. The second-order valence-corrected chi connectivity index (χ2v) is 5.78. The number of rotatable bonds is 4. The molecule has 0 spiro atoms. The van der Waals surface area contributed by atoms with E-state index in [4.69, 9.17) is 0 Å². The fourth-order valence-corrected chi connectivity index (χ4v) is 3.18. The average Bonchev–Trinajstić information content (AvgIpc) is 3.27. The number of H-pyrrole nitrogens is 1.